The molecule has 3 rings (SSSR count). The van der Waals surface area contributed by atoms with Crippen molar-refractivity contribution in [1.29, 1.82) is 0 Å². The molecule has 1 atom stereocenters. The predicted molar refractivity (Wildman–Crippen MR) is 120 cm³/mol. The highest BCUT2D eigenvalue weighted by Crippen LogP contribution is 2.33. The summed E-state index contributed by atoms with van der Waals surface area (Å²) >= 11 is 6.75. The summed E-state index contributed by atoms with van der Waals surface area (Å²) in [7, 11) is 1.60. The van der Waals surface area contributed by atoms with Gasteiger partial charge in [0.25, 0.3) is 0 Å². The minimum Gasteiger partial charge on any atom is -0.490 e. The summed E-state index contributed by atoms with van der Waals surface area (Å²) in [5.41, 5.74) is 1.69. The molecule has 1 fully saturated rings. The molecule has 0 unspecified atom stereocenters. The van der Waals surface area contributed by atoms with E-state index in [9.17, 15) is 9.18 Å². The van der Waals surface area contributed by atoms with E-state index in [1.807, 2.05) is 25.1 Å². The third-order valence-electron chi connectivity index (χ3n) is 4.54. The summed E-state index contributed by atoms with van der Waals surface area (Å²) in [6.07, 6.45) is 0.539. The Bertz CT molecular complexity index is 908. The number of thioether (sulfide) groups is 1. The highest BCUT2D eigenvalue weighted by Gasteiger charge is 2.36. The first-order chi connectivity index (χ1) is 14.5. The maximum Gasteiger partial charge on any atom is 0.242 e. The molecule has 30 heavy (non-hydrogen) atoms. The molecule has 2 aromatic rings. The van der Waals surface area contributed by atoms with Gasteiger partial charge in [-0.15, -0.1) is 0 Å². The van der Waals surface area contributed by atoms with E-state index in [-0.39, 0.29) is 23.6 Å². The first-order valence-electron chi connectivity index (χ1n) is 9.65. The Labute approximate surface area is 185 Å². The fraction of sp³-hybridized carbons (Fsp3) is 0.364. The Morgan fingerprint density at radius 1 is 1.13 bits per heavy atom. The second-order valence-corrected chi connectivity index (χ2v) is 8.53. The van der Waals surface area contributed by atoms with E-state index in [0.717, 1.165) is 11.1 Å². The molecule has 0 radical (unpaired) electrons. The van der Waals surface area contributed by atoms with Gasteiger partial charge < -0.3 is 14.2 Å². The van der Waals surface area contributed by atoms with Gasteiger partial charge in [-0.1, -0.05) is 42.2 Å². The first-order valence-corrected chi connectivity index (χ1v) is 10.9. The van der Waals surface area contributed by atoms with Gasteiger partial charge in [0, 0.05) is 7.11 Å². The molecule has 1 amide bonds. The Kier molecular flexibility index (Phi) is 8.07. The average Bonchev–Trinajstić information content (AvgIpc) is 2.99. The number of halogens is 1. The number of hydrogen-bond donors (Lipinski definition) is 0. The summed E-state index contributed by atoms with van der Waals surface area (Å²) in [6.45, 7) is 3.52. The lowest BCUT2D eigenvalue weighted by atomic mass is 10.1. The number of nitrogens with zero attached hydrogens (tertiary/aromatic N) is 1. The normalized spacial score (nSPS) is 16.2. The number of rotatable bonds is 10. The number of hydrogen-bond acceptors (Lipinski definition) is 6. The molecule has 1 aliphatic rings. The van der Waals surface area contributed by atoms with Crippen LogP contribution in [0, 0.1) is 5.82 Å². The standard InChI is InChI=1S/C22H24FNO4S2/c1-3-27-19-12-15(13-20-21(25)24(9-10-26-2)22(29)30-20)7-8-18(19)28-14-16-5-4-6-17(23)11-16/h4-8,11-12,20H,3,9-10,13-14H2,1-2H3/t20-/m1/s1. The van der Waals surface area contributed by atoms with Crippen LogP contribution in [0.25, 0.3) is 0 Å². The molecule has 1 aliphatic heterocycles. The van der Waals surface area contributed by atoms with E-state index >= 15 is 0 Å². The van der Waals surface area contributed by atoms with E-state index in [2.05, 4.69) is 0 Å². The minimum absolute atomic E-state index is 0.00596. The van der Waals surface area contributed by atoms with E-state index in [1.54, 1.807) is 24.1 Å². The second-order valence-electron chi connectivity index (χ2n) is 6.69. The van der Waals surface area contributed by atoms with Crippen LogP contribution in [0.1, 0.15) is 18.1 Å². The van der Waals surface area contributed by atoms with Crippen LogP contribution in [0.4, 0.5) is 4.39 Å². The third-order valence-corrected chi connectivity index (χ3v) is 6.12. The first kappa shape index (κ1) is 22.5. The Morgan fingerprint density at radius 3 is 2.70 bits per heavy atom. The van der Waals surface area contributed by atoms with Crippen LogP contribution >= 0.6 is 24.0 Å². The van der Waals surface area contributed by atoms with Crippen LogP contribution in [-0.4, -0.2) is 47.2 Å². The van der Waals surface area contributed by atoms with Crippen LogP contribution in [0.3, 0.4) is 0 Å². The van der Waals surface area contributed by atoms with E-state index in [0.29, 0.717) is 42.0 Å². The number of carbonyl (C=O) groups is 1. The predicted octanol–water partition coefficient (Wildman–Crippen LogP) is 4.22. The van der Waals surface area contributed by atoms with Crippen molar-refractivity contribution in [2.45, 2.75) is 25.2 Å². The maximum atomic E-state index is 13.4. The number of thiocarbonyl (C=S) groups is 1. The molecule has 1 saturated heterocycles. The molecule has 1 heterocycles. The highest BCUT2D eigenvalue weighted by molar-refractivity contribution is 8.24. The fourth-order valence-corrected chi connectivity index (χ4v) is 4.67. The number of carbonyl (C=O) groups excluding carboxylic acids is 1. The van der Waals surface area contributed by atoms with Gasteiger partial charge in [-0.05, 0) is 48.7 Å². The molecule has 5 nitrogen and oxygen atoms in total. The SMILES string of the molecule is CCOc1cc(C[C@H]2SC(=S)N(CCOC)C2=O)ccc1OCc1cccc(F)c1. The molecule has 0 saturated carbocycles. The van der Waals surface area contributed by atoms with Gasteiger partial charge in [0.2, 0.25) is 5.91 Å². The van der Waals surface area contributed by atoms with Gasteiger partial charge in [0.05, 0.1) is 25.0 Å². The molecule has 0 aliphatic carbocycles. The zero-order valence-electron chi connectivity index (χ0n) is 16.9. The summed E-state index contributed by atoms with van der Waals surface area (Å²) in [6, 6.07) is 11.9. The molecular formula is C22H24FNO4S2. The third kappa shape index (κ3) is 5.71. The van der Waals surface area contributed by atoms with Crippen LogP contribution in [-0.2, 0) is 22.6 Å². The molecule has 0 bridgehead atoms. The lowest BCUT2D eigenvalue weighted by molar-refractivity contribution is -0.126. The summed E-state index contributed by atoms with van der Waals surface area (Å²) < 4.78 is 30.6. The smallest absolute Gasteiger partial charge is 0.242 e. The van der Waals surface area contributed by atoms with E-state index in [4.69, 9.17) is 26.4 Å². The average molecular weight is 450 g/mol. The largest absolute Gasteiger partial charge is 0.490 e. The summed E-state index contributed by atoms with van der Waals surface area (Å²) in [5.74, 6) is 0.882. The van der Waals surface area contributed by atoms with Crippen molar-refractivity contribution in [3.63, 3.8) is 0 Å². The molecule has 0 aromatic heterocycles. The van der Waals surface area contributed by atoms with Crippen molar-refractivity contribution < 1.29 is 23.4 Å². The molecule has 160 valence electrons. The quantitative estimate of drug-likeness (QED) is 0.506. The molecule has 0 N–H and O–H groups in total. The molecule has 0 spiro atoms. The monoisotopic (exact) mass is 449 g/mol. The molecule has 2 aromatic carbocycles. The van der Waals surface area contributed by atoms with Gasteiger partial charge >= 0.3 is 0 Å². The van der Waals surface area contributed by atoms with Gasteiger partial charge in [-0.2, -0.15) is 0 Å². The topological polar surface area (TPSA) is 48.0 Å². The second kappa shape index (κ2) is 10.7. The van der Waals surface area contributed by atoms with Gasteiger partial charge in [0.1, 0.15) is 16.7 Å². The summed E-state index contributed by atoms with van der Waals surface area (Å²) in [5, 5.41) is -0.261. The van der Waals surface area contributed by atoms with Crippen molar-refractivity contribution in [3.05, 3.63) is 59.4 Å². The van der Waals surface area contributed by atoms with Crippen molar-refractivity contribution in [2.24, 2.45) is 0 Å². The van der Waals surface area contributed by atoms with Crippen LogP contribution in [0.2, 0.25) is 0 Å². The lowest BCUT2D eigenvalue weighted by Crippen LogP contribution is -2.34. The molecular weight excluding hydrogens is 425 g/mol. The summed E-state index contributed by atoms with van der Waals surface area (Å²) in [4.78, 5) is 14.3. The van der Waals surface area contributed by atoms with Crippen LogP contribution < -0.4 is 9.47 Å². The molecule has 8 heteroatoms. The zero-order valence-corrected chi connectivity index (χ0v) is 18.6. The number of methoxy groups -OCH3 is 1. The Hall–Kier alpha value is -2.16. The van der Waals surface area contributed by atoms with Crippen molar-refractivity contribution in [3.8, 4) is 11.5 Å². The highest BCUT2D eigenvalue weighted by atomic mass is 32.2. The maximum absolute atomic E-state index is 13.4. The minimum atomic E-state index is -0.298. The zero-order chi connectivity index (χ0) is 21.5. The van der Waals surface area contributed by atoms with Gasteiger partial charge in [-0.25, -0.2) is 4.39 Å². The van der Waals surface area contributed by atoms with Crippen LogP contribution in [0.15, 0.2) is 42.5 Å². The van der Waals surface area contributed by atoms with Crippen molar-refractivity contribution >= 4 is 34.2 Å². The lowest BCUT2D eigenvalue weighted by Gasteiger charge is -2.16. The fourth-order valence-electron chi connectivity index (χ4n) is 3.08. The van der Waals surface area contributed by atoms with Crippen molar-refractivity contribution in [1.82, 2.24) is 4.90 Å². The van der Waals surface area contributed by atoms with Crippen molar-refractivity contribution in [2.75, 3.05) is 26.9 Å². The number of ether oxygens (including phenoxy) is 3. The number of amides is 1. The Morgan fingerprint density at radius 2 is 1.97 bits per heavy atom. The Balaban J connectivity index is 1.68. The number of benzene rings is 2. The van der Waals surface area contributed by atoms with Gasteiger partial charge in [-0.3, -0.25) is 9.69 Å². The van der Waals surface area contributed by atoms with E-state index < -0.39 is 0 Å². The van der Waals surface area contributed by atoms with E-state index in [1.165, 1.54) is 23.9 Å². The van der Waals surface area contributed by atoms with Gasteiger partial charge in [0.15, 0.2) is 11.5 Å². The van der Waals surface area contributed by atoms with Crippen LogP contribution in [0.5, 0.6) is 11.5 Å².